The van der Waals surface area contributed by atoms with Crippen molar-refractivity contribution in [3.63, 3.8) is 0 Å². The third kappa shape index (κ3) is 4.92. The van der Waals surface area contributed by atoms with Crippen LogP contribution in [0.4, 0.5) is 11.5 Å². The van der Waals surface area contributed by atoms with Gasteiger partial charge >= 0.3 is 0 Å². The van der Waals surface area contributed by atoms with Gasteiger partial charge in [0.15, 0.2) is 0 Å². The summed E-state index contributed by atoms with van der Waals surface area (Å²) in [4.78, 5) is 37.9. The normalized spacial score (nSPS) is 19.5. The van der Waals surface area contributed by atoms with Gasteiger partial charge in [0.2, 0.25) is 5.91 Å². The lowest BCUT2D eigenvalue weighted by Gasteiger charge is -2.39. The minimum absolute atomic E-state index is 0.00340. The summed E-state index contributed by atoms with van der Waals surface area (Å²) in [5.41, 5.74) is 4.09. The van der Waals surface area contributed by atoms with E-state index < -0.39 is 0 Å². The van der Waals surface area contributed by atoms with Crippen molar-refractivity contribution in [2.45, 2.75) is 32.4 Å². The minimum Gasteiger partial charge on any atom is -0.378 e. The molecule has 1 aromatic carbocycles. The fourth-order valence-corrected chi connectivity index (χ4v) is 5.03. The largest absolute Gasteiger partial charge is 0.378 e. The molecular formula is C27H28ClN5O3. The molecule has 2 aliphatic rings. The van der Waals surface area contributed by atoms with E-state index in [2.05, 4.69) is 21.4 Å². The van der Waals surface area contributed by atoms with E-state index in [0.29, 0.717) is 42.7 Å². The summed E-state index contributed by atoms with van der Waals surface area (Å²) in [6.45, 7) is 5.94. The molecule has 8 nitrogen and oxygen atoms in total. The van der Waals surface area contributed by atoms with Crippen LogP contribution < -0.4 is 10.2 Å². The van der Waals surface area contributed by atoms with E-state index in [0.717, 1.165) is 28.9 Å². The zero-order valence-electron chi connectivity index (χ0n) is 20.3. The maximum absolute atomic E-state index is 12.8. The number of ether oxygens (including phenoxy) is 1. The fraction of sp³-hybridized carbons (Fsp3) is 0.333. The Morgan fingerprint density at radius 1 is 1.06 bits per heavy atom. The van der Waals surface area contributed by atoms with Crippen molar-refractivity contribution in [2.75, 3.05) is 36.5 Å². The number of fused-ring (bicyclic) bond motifs is 1. The van der Waals surface area contributed by atoms with Crippen LogP contribution in [0.25, 0.3) is 11.3 Å². The van der Waals surface area contributed by atoms with Gasteiger partial charge in [-0.2, -0.15) is 0 Å². The summed E-state index contributed by atoms with van der Waals surface area (Å²) < 4.78 is 5.34. The highest BCUT2D eigenvalue weighted by atomic mass is 35.5. The molecule has 2 amide bonds. The number of nitrogens with zero attached hydrogens (tertiary/aromatic N) is 4. The maximum Gasteiger partial charge on any atom is 0.255 e. The number of morpholine rings is 1. The van der Waals surface area contributed by atoms with Crippen LogP contribution >= 0.6 is 11.6 Å². The molecule has 0 radical (unpaired) electrons. The number of aromatic nitrogens is 2. The Morgan fingerprint density at radius 3 is 2.53 bits per heavy atom. The molecule has 2 atom stereocenters. The van der Waals surface area contributed by atoms with Crippen molar-refractivity contribution >= 4 is 34.9 Å². The Hall–Kier alpha value is -3.49. The van der Waals surface area contributed by atoms with E-state index in [9.17, 15) is 9.59 Å². The van der Waals surface area contributed by atoms with Crippen LogP contribution in [-0.2, 0) is 9.53 Å². The predicted molar refractivity (Wildman–Crippen MR) is 139 cm³/mol. The number of halogens is 1. The van der Waals surface area contributed by atoms with Gasteiger partial charge in [0.05, 0.1) is 35.5 Å². The van der Waals surface area contributed by atoms with Gasteiger partial charge in [-0.25, -0.2) is 4.98 Å². The van der Waals surface area contributed by atoms with Gasteiger partial charge in [-0.05, 0) is 55.3 Å². The molecule has 4 heterocycles. The number of benzene rings is 1. The van der Waals surface area contributed by atoms with Crippen molar-refractivity contribution in [1.82, 2.24) is 14.9 Å². The molecule has 3 aromatic rings. The van der Waals surface area contributed by atoms with Crippen LogP contribution in [0, 0.1) is 0 Å². The van der Waals surface area contributed by atoms with Crippen LogP contribution in [0.5, 0.6) is 0 Å². The molecule has 1 saturated heterocycles. The van der Waals surface area contributed by atoms with Crippen LogP contribution in [-0.4, -0.2) is 59.0 Å². The van der Waals surface area contributed by atoms with Crippen molar-refractivity contribution in [1.29, 1.82) is 0 Å². The monoisotopic (exact) mass is 505 g/mol. The van der Waals surface area contributed by atoms with E-state index >= 15 is 0 Å². The Bertz CT molecular complexity index is 1260. The number of carbonyl (C=O) groups excluding carboxylic acids is 2. The summed E-state index contributed by atoms with van der Waals surface area (Å²) in [5, 5.41) is 4.08. The number of anilines is 2. The highest BCUT2D eigenvalue weighted by molar-refractivity contribution is 6.30. The quantitative estimate of drug-likeness (QED) is 0.559. The molecule has 0 saturated carbocycles. The molecule has 36 heavy (non-hydrogen) atoms. The van der Waals surface area contributed by atoms with E-state index in [1.807, 2.05) is 42.2 Å². The third-order valence-corrected chi connectivity index (χ3v) is 6.90. The van der Waals surface area contributed by atoms with Gasteiger partial charge in [-0.15, -0.1) is 0 Å². The van der Waals surface area contributed by atoms with Crippen LogP contribution in [0.2, 0.25) is 5.02 Å². The molecule has 0 aliphatic carbocycles. The second kappa shape index (κ2) is 10.2. The first-order valence-corrected chi connectivity index (χ1v) is 12.4. The highest BCUT2D eigenvalue weighted by Gasteiger charge is 2.33. The number of carbonyl (C=O) groups is 2. The zero-order chi connectivity index (χ0) is 25.2. The SMILES string of the molecule is CC(=O)N1c2ccc(-c3ccc(C(=O)N4CCOCC4)cn3)cc2C(Nc2ccc(Cl)cn2)CC1C. The topological polar surface area (TPSA) is 87.7 Å². The molecule has 2 unspecified atom stereocenters. The molecule has 2 aliphatic heterocycles. The standard InChI is InChI=1S/C27H28ClN5O3/c1-17-13-24(31-26-8-5-21(28)16-30-26)22-14-19(4-7-25(22)33(17)18(2)34)23-6-3-20(15-29-23)27(35)32-9-11-36-12-10-32/h3-8,14-17,24H,9-13H2,1-2H3,(H,30,31). The van der Waals surface area contributed by atoms with E-state index in [-0.39, 0.29) is 23.9 Å². The molecule has 1 N–H and O–H groups in total. The number of pyridine rings is 2. The molecule has 0 bridgehead atoms. The van der Waals surface area contributed by atoms with Crippen LogP contribution in [0.1, 0.15) is 42.2 Å². The van der Waals surface area contributed by atoms with Crippen molar-refractivity contribution in [2.24, 2.45) is 0 Å². The van der Waals surface area contributed by atoms with Crippen LogP contribution in [0.15, 0.2) is 54.9 Å². The summed E-state index contributed by atoms with van der Waals surface area (Å²) in [6.07, 6.45) is 3.96. The summed E-state index contributed by atoms with van der Waals surface area (Å²) in [5.74, 6) is 0.686. The van der Waals surface area contributed by atoms with Gasteiger partial charge in [-0.1, -0.05) is 17.7 Å². The summed E-state index contributed by atoms with van der Waals surface area (Å²) in [7, 11) is 0. The van der Waals surface area contributed by atoms with Gasteiger partial charge in [0, 0.05) is 49.7 Å². The first kappa shape index (κ1) is 24.2. The fourth-order valence-electron chi connectivity index (χ4n) is 4.92. The Labute approximate surface area is 215 Å². The molecule has 186 valence electrons. The number of amides is 2. The zero-order valence-corrected chi connectivity index (χ0v) is 21.0. The second-order valence-corrected chi connectivity index (χ2v) is 9.58. The Balaban J connectivity index is 1.45. The number of hydrogen-bond acceptors (Lipinski definition) is 6. The average Bonchev–Trinajstić information content (AvgIpc) is 2.90. The molecular weight excluding hydrogens is 478 g/mol. The van der Waals surface area contributed by atoms with Gasteiger partial charge in [0.25, 0.3) is 5.91 Å². The lowest BCUT2D eigenvalue weighted by Crippen LogP contribution is -2.43. The van der Waals surface area contributed by atoms with Crippen LogP contribution in [0.3, 0.4) is 0 Å². The van der Waals surface area contributed by atoms with Gasteiger partial charge < -0.3 is 19.9 Å². The Morgan fingerprint density at radius 2 is 1.86 bits per heavy atom. The first-order chi connectivity index (χ1) is 17.4. The van der Waals surface area contributed by atoms with Gasteiger partial charge in [-0.3, -0.25) is 14.6 Å². The smallest absolute Gasteiger partial charge is 0.255 e. The van der Waals surface area contributed by atoms with Crippen molar-refractivity contribution in [3.8, 4) is 11.3 Å². The lowest BCUT2D eigenvalue weighted by atomic mass is 9.89. The summed E-state index contributed by atoms with van der Waals surface area (Å²) >= 11 is 6.01. The molecule has 0 spiro atoms. The average molecular weight is 506 g/mol. The van der Waals surface area contributed by atoms with Crippen molar-refractivity contribution < 1.29 is 14.3 Å². The molecule has 2 aromatic heterocycles. The minimum atomic E-state index is -0.0543. The molecule has 1 fully saturated rings. The lowest BCUT2D eigenvalue weighted by molar-refractivity contribution is -0.117. The van der Waals surface area contributed by atoms with E-state index in [1.54, 1.807) is 30.3 Å². The van der Waals surface area contributed by atoms with E-state index in [1.165, 1.54) is 0 Å². The third-order valence-electron chi connectivity index (χ3n) is 6.67. The number of hydrogen-bond donors (Lipinski definition) is 1. The van der Waals surface area contributed by atoms with Crippen molar-refractivity contribution in [3.05, 3.63) is 71.0 Å². The first-order valence-electron chi connectivity index (χ1n) is 12.1. The second-order valence-electron chi connectivity index (χ2n) is 9.14. The number of rotatable bonds is 4. The molecule has 9 heteroatoms. The summed E-state index contributed by atoms with van der Waals surface area (Å²) in [6, 6.07) is 13.3. The Kier molecular flexibility index (Phi) is 6.89. The predicted octanol–water partition coefficient (Wildman–Crippen LogP) is 4.57. The van der Waals surface area contributed by atoms with E-state index in [4.69, 9.17) is 16.3 Å². The maximum atomic E-state index is 12.8. The molecule has 5 rings (SSSR count). The van der Waals surface area contributed by atoms with Gasteiger partial charge in [0.1, 0.15) is 5.82 Å². The highest BCUT2D eigenvalue weighted by Crippen LogP contribution is 2.40. The number of nitrogens with one attached hydrogen (secondary N) is 1.